The van der Waals surface area contributed by atoms with E-state index in [1.165, 1.54) is 43.6 Å². The van der Waals surface area contributed by atoms with Gasteiger partial charge >= 0.3 is 0 Å². The van der Waals surface area contributed by atoms with E-state index in [4.69, 9.17) is 0 Å². The first-order valence-electron chi connectivity index (χ1n) is 6.75. The van der Waals surface area contributed by atoms with Crippen LogP contribution in [0, 0.1) is 0 Å². The van der Waals surface area contributed by atoms with Gasteiger partial charge in [-0.25, -0.2) is 0 Å². The molecule has 1 aliphatic heterocycles. The summed E-state index contributed by atoms with van der Waals surface area (Å²) >= 11 is 0. The highest BCUT2D eigenvalue weighted by atomic mass is 15.1. The molecule has 0 spiro atoms. The minimum Gasteiger partial charge on any atom is -0.371 e. The zero-order valence-corrected chi connectivity index (χ0v) is 10.7. The van der Waals surface area contributed by atoms with Crippen molar-refractivity contribution < 1.29 is 0 Å². The molecule has 0 amide bonds. The van der Waals surface area contributed by atoms with Crippen molar-refractivity contribution in [3.05, 3.63) is 29.8 Å². The second-order valence-electron chi connectivity index (χ2n) is 4.64. The van der Waals surface area contributed by atoms with Gasteiger partial charge in [-0.05, 0) is 31.7 Å². The van der Waals surface area contributed by atoms with Crippen LogP contribution in [0.2, 0.25) is 0 Å². The maximum atomic E-state index is 4.46. The highest BCUT2D eigenvalue weighted by molar-refractivity contribution is 5.88. The van der Waals surface area contributed by atoms with Gasteiger partial charge in [0.15, 0.2) is 0 Å². The number of hydrogen-bond acceptors (Lipinski definition) is 2. The molecule has 0 radical (unpaired) electrons. The molecule has 1 aromatic rings. The quantitative estimate of drug-likeness (QED) is 0.723. The molecule has 2 rings (SSSR count). The van der Waals surface area contributed by atoms with E-state index in [1.54, 1.807) is 0 Å². The third kappa shape index (κ3) is 3.32. The summed E-state index contributed by atoms with van der Waals surface area (Å²) in [4.78, 5) is 6.96. The average molecular weight is 230 g/mol. The first-order valence-corrected chi connectivity index (χ1v) is 6.75. The Bertz CT molecular complexity index is 365. The van der Waals surface area contributed by atoms with E-state index >= 15 is 0 Å². The van der Waals surface area contributed by atoms with Crippen molar-refractivity contribution in [2.45, 2.75) is 32.6 Å². The summed E-state index contributed by atoms with van der Waals surface area (Å²) in [5.74, 6) is 0. The normalized spacial score (nSPS) is 16.6. The van der Waals surface area contributed by atoms with Crippen LogP contribution in [0.25, 0.3) is 0 Å². The summed E-state index contributed by atoms with van der Waals surface area (Å²) in [5, 5.41) is 0. The van der Waals surface area contributed by atoms with Gasteiger partial charge in [-0.2, -0.15) is 0 Å². The summed E-state index contributed by atoms with van der Waals surface area (Å²) < 4.78 is 0. The van der Waals surface area contributed by atoms with Crippen LogP contribution in [-0.4, -0.2) is 25.8 Å². The number of anilines is 1. The second-order valence-corrected chi connectivity index (χ2v) is 4.64. The van der Waals surface area contributed by atoms with Crippen molar-refractivity contribution in [1.82, 2.24) is 0 Å². The SMILES string of the molecule is CCCN=Cc1ccccc1N1CCCCC1. The summed E-state index contributed by atoms with van der Waals surface area (Å²) in [7, 11) is 0. The van der Waals surface area contributed by atoms with Crippen LogP contribution in [0.1, 0.15) is 38.2 Å². The number of aliphatic imine (C=N–C) groups is 1. The maximum absolute atomic E-state index is 4.46. The monoisotopic (exact) mass is 230 g/mol. The molecule has 1 fully saturated rings. The first kappa shape index (κ1) is 12.2. The molecule has 1 heterocycles. The van der Waals surface area contributed by atoms with Crippen LogP contribution in [0.15, 0.2) is 29.3 Å². The molecule has 0 unspecified atom stereocenters. The Morgan fingerprint density at radius 3 is 2.71 bits per heavy atom. The van der Waals surface area contributed by atoms with Gasteiger partial charge in [0.2, 0.25) is 0 Å². The van der Waals surface area contributed by atoms with Crippen LogP contribution in [-0.2, 0) is 0 Å². The second kappa shape index (κ2) is 6.43. The van der Waals surface area contributed by atoms with E-state index in [0.717, 1.165) is 13.0 Å². The van der Waals surface area contributed by atoms with Gasteiger partial charge in [-0.15, -0.1) is 0 Å². The summed E-state index contributed by atoms with van der Waals surface area (Å²) in [6, 6.07) is 8.61. The molecule has 2 heteroatoms. The van der Waals surface area contributed by atoms with Crippen molar-refractivity contribution in [3.63, 3.8) is 0 Å². The fraction of sp³-hybridized carbons (Fsp3) is 0.533. The largest absolute Gasteiger partial charge is 0.371 e. The van der Waals surface area contributed by atoms with Crippen molar-refractivity contribution in [1.29, 1.82) is 0 Å². The molecule has 0 saturated carbocycles. The molecule has 1 aromatic carbocycles. The fourth-order valence-corrected chi connectivity index (χ4v) is 2.31. The lowest BCUT2D eigenvalue weighted by Crippen LogP contribution is -2.30. The topological polar surface area (TPSA) is 15.6 Å². The molecule has 0 bridgehead atoms. The molecule has 2 nitrogen and oxygen atoms in total. The molecular weight excluding hydrogens is 208 g/mol. The highest BCUT2D eigenvalue weighted by Crippen LogP contribution is 2.22. The minimum atomic E-state index is 0.925. The Kier molecular flexibility index (Phi) is 4.60. The van der Waals surface area contributed by atoms with Gasteiger partial charge < -0.3 is 4.90 Å². The first-order chi connectivity index (χ1) is 8.42. The summed E-state index contributed by atoms with van der Waals surface area (Å²) in [5.41, 5.74) is 2.62. The van der Waals surface area contributed by atoms with Crippen molar-refractivity contribution in [2.75, 3.05) is 24.5 Å². The standard InChI is InChI=1S/C15H22N2/c1-2-10-16-13-14-8-4-5-9-15(14)17-11-6-3-7-12-17/h4-5,8-9,13H,2-3,6-7,10-12H2,1H3. The van der Waals surface area contributed by atoms with E-state index in [9.17, 15) is 0 Å². The predicted octanol–water partition coefficient (Wildman–Crippen LogP) is 3.51. The molecule has 1 aliphatic rings. The van der Waals surface area contributed by atoms with Crippen molar-refractivity contribution in [2.24, 2.45) is 4.99 Å². The zero-order valence-electron chi connectivity index (χ0n) is 10.7. The number of nitrogens with zero attached hydrogens (tertiary/aromatic N) is 2. The Hall–Kier alpha value is -1.31. The number of piperidine rings is 1. The smallest absolute Gasteiger partial charge is 0.0455 e. The van der Waals surface area contributed by atoms with E-state index in [2.05, 4.69) is 41.1 Å². The molecular formula is C15H22N2. The molecule has 0 atom stereocenters. The molecule has 0 aromatic heterocycles. The van der Waals surface area contributed by atoms with E-state index in [-0.39, 0.29) is 0 Å². The minimum absolute atomic E-state index is 0.925. The lowest BCUT2D eigenvalue weighted by atomic mass is 10.1. The number of benzene rings is 1. The van der Waals surface area contributed by atoms with E-state index in [0.29, 0.717) is 0 Å². The van der Waals surface area contributed by atoms with Crippen LogP contribution in [0.5, 0.6) is 0 Å². The van der Waals surface area contributed by atoms with Gasteiger partial charge in [0.25, 0.3) is 0 Å². The molecule has 17 heavy (non-hydrogen) atoms. The van der Waals surface area contributed by atoms with Gasteiger partial charge in [0.05, 0.1) is 0 Å². The van der Waals surface area contributed by atoms with Crippen LogP contribution in [0.3, 0.4) is 0 Å². The van der Waals surface area contributed by atoms with Crippen LogP contribution < -0.4 is 4.90 Å². The van der Waals surface area contributed by atoms with Crippen LogP contribution >= 0.6 is 0 Å². The van der Waals surface area contributed by atoms with Gasteiger partial charge in [0, 0.05) is 37.1 Å². The van der Waals surface area contributed by atoms with Gasteiger partial charge in [0.1, 0.15) is 0 Å². The third-order valence-corrected chi connectivity index (χ3v) is 3.22. The Labute approximate surface area is 104 Å². The number of para-hydroxylation sites is 1. The Morgan fingerprint density at radius 1 is 1.18 bits per heavy atom. The predicted molar refractivity (Wildman–Crippen MR) is 75.3 cm³/mol. The van der Waals surface area contributed by atoms with E-state index in [1.807, 2.05) is 6.21 Å². The summed E-state index contributed by atoms with van der Waals surface area (Å²) in [6.45, 7) is 5.47. The van der Waals surface area contributed by atoms with Gasteiger partial charge in [-0.1, -0.05) is 25.1 Å². The highest BCUT2D eigenvalue weighted by Gasteiger charge is 2.12. The number of hydrogen-bond donors (Lipinski definition) is 0. The van der Waals surface area contributed by atoms with Gasteiger partial charge in [-0.3, -0.25) is 4.99 Å². The maximum Gasteiger partial charge on any atom is 0.0455 e. The van der Waals surface area contributed by atoms with Crippen molar-refractivity contribution in [3.8, 4) is 0 Å². The Balaban J connectivity index is 2.14. The third-order valence-electron chi connectivity index (χ3n) is 3.22. The summed E-state index contributed by atoms with van der Waals surface area (Å²) in [6.07, 6.45) is 7.17. The lowest BCUT2D eigenvalue weighted by molar-refractivity contribution is 0.577. The molecule has 0 N–H and O–H groups in total. The van der Waals surface area contributed by atoms with Crippen LogP contribution in [0.4, 0.5) is 5.69 Å². The number of rotatable bonds is 4. The Morgan fingerprint density at radius 2 is 1.94 bits per heavy atom. The molecule has 92 valence electrons. The molecule has 0 aliphatic carbocycles. The molecule has 1 saturated heterocycles. The average Bonchev–Trinajstić information content (AvgIpc) is 2.41. The fourth-order valence-electron chi connectivity index (χ4n) is 2.31. The lowest BCUT2D eigenvalue weighted by Gasteiger charge is -2.30. The van der Waals surface area contributed by atoms with Crippen molar-refractivity contribution >= 4 is 11.9 Å². The van der Waals surface area contributed by atoms with E-state index < -0.39 is 0 Å². The zero-order chi connectivity index (χ0) is 11.9.